The molecule has 0 aliphatic rings. The highest BCUT2D eigenvalue weighted by molar-refractivity contribution is 5.67. The van der Waals surface area contributed by atoms with Gasteiger partial charge in [-0.3, -0.25) is 0 Å². The molecule has 0 aliphatic carbocycles. The number of carbonyl (C=O) groups is 1. The summed E-state index contributed by atoms with van der Waals surface area (Å²) in [5.41, 5.74) is 0.0498. The number of aromatic nitrogens is 2. The number of halogens is 3. The molecule has 0 spiro atoms. The smallest absolute Gasteiger partial charge is 0.407 e. The second kappa shape index (κ2) is 6.82. The van der Waals surface area contributed by atoms with E-state index in [9.17, 15) is 18.0 Å². The number of nitrogens with zero attached hydrogens (tertiary/aromatic N) is 2. The number of carbonyl (C=O) groups excluding carboxylic acids is 1. The average Bonchev–Trinajstić information content (AvgIpc) is 2.70. The van der Waals surface area contributed by atoms with Crippen LogP contribution in [0.4, 0.5) is 18.0 Å². The van der Waals surface area contributed by atoms with Crippen molar-refractivity contribution in [3.05, 3.63) is 18.2 Å². The number of rotatable bonds is 5. The van der Waals surface area contributed by atoms with E-state index < -0.39 is 24.3 Å². The quantitative estimate of drug-likeness (QED) is 0.910. The molecule has 21 heavy (non-hydrogen) atoms. The van der Waals surface area contributed by atoms with Crippen molar-refractivity contribution in [1.29, 1.82) is 0 Å². The molecule has 1 rings (SSSR count). The molecule has 1 aromatic heterocycles. The van der Waals surface area contributed by atoms with Gasteiger partial charge in [-0.2, -0.15) is 13.2 Å². The first-order valence-corrected chi connectivity index (χ1v) is 6.59. The van der Waals surface area contributed by atoms with E-state index >= 15 is 0 Å². The second-order valence-corrected chi connectivity index (χ2v) is 5.62. The Morgan fingerprint density at radius 3 is 2.62 bits per heavy atom. The molecule has 1 amide bonds. The van der Waals surface area contributed by atoms with E-state index in [0.29, 0.717) is 12.1 Å². The van der Waals surface area contributed by atoms with Crippen LogP contribution in [0.25, 0.3) is 0 Å². The SMILES string of the molecule is CC(C)(C)OC(=O)NCCc1cncn1CCC(F)(F)F. The summed E-state index contributed by atoms with van der Waals surface area (Å²) in [5, 5.41) is 2.55. The summed E-state index contributed by atoms with van der Waals surface area (Å²) in [5.74, 6) is 0. The molecule has 8 heteroatoms. The fourth-order valence-electron chi connectivity index (χ4n) is 1.61. The Hall–Kier alpha value is -1.73. The van der Waals surface area contributed by atoms with Crippen molar-refractivity contribution in [1.82, 2.24) is 14.9 Å². The number of imidazole rings is 1. The molecule has 0 aromatic carbocycles. The van der Waals surface area contributed by atoms with Crippen molar-refractivity contribution in [3.63, 3.8) is 0 Å². The van der Waals surface area contributed by atoms with Gasteiger partial charge in [0.2, 0.25) is 0 Å². The number of hydrogen-bond acceptors (Lipinski definition) is 3. The van der Waals surface area contributed by atoms with E-state index in [4.69, 9.17) is 4.74 Å². The van der Waals surface area contributed by atoms with Gasteiger partial charge in [0.25, 0.3) is 0 Å². The number of alkyl carbamates (subject to hydrolysis) is 1. The summed E-state index contributed by atoms with van der Waals surface area (Å²) in [6.07, 6.45) is -2.42. The van der Waals surface area contributed by atoms with Crippen molar-refractivity contribution in [2.24, 2.45) is 0 Å². The Balaban J connectivity index is 2.39. The third kappa shape index (κ3) is 7.57. The lowest BCUT2D eigenvalue weighted by molar-refractivity contribution is -0.136. The number of amides is 1. The molecule has 0 saturated heterocycles. The van der Waals surface area contributed by atoms with E-state index in [1.165, 1.54) is 17.1 Å². The monoisotopic (exact) mass is 307 g/mol. The maximum Gasteiger partial charge on any atom is 0.407 e. The van der Waals surface area contributed by atoms with Crippen molar-refractivity contribution in [2.75, 3.05) is 6.54 Å². The van der Waals surface area contributed by atoms with E-state index in [-0.39, 0.29) is 13.1 Å². The van der Waals surface area contributed by atoms with Gasteiger partial charge in [0, 0.05) is 31.4 Å². The second-order valence-electron chi connectivity index (χ2n) is 5.62. The van der Waals surface area contributed by atoms with Gasteiger partial charge in [-0.25, -0.2) is 9.78 Å². The van der Waals surface area contributed by atoms with Crippen molar-refractivity contribution in [3.8, 4) is 0 Å². The zero-order valence-electron chi connectivity index (χ0n) is 12.3. The van der Waals surface area contributed by atoms with Gasteiger partial charge in [0.1, 0.15) is 5.60 Å². The lowest BCUT2D eigenvalue weighted by Gasteiger charge is -2.19. The van der Waals surface area contributed by atoms with Crippen LogP contribution >= 0.6 is 0 Å². The van der Waals surface area contributed by atoms with Crippen LogP contribution in [-0.4, -0.2) is 34.0 Å². The molecule has 1 heterocycles. The summed E-state index contributed by atoms with van der Waals surface area (Å²) >= 11 is 0. The predicted molar refractivity (Wildman–Crippen MR) is 70.8 cm³/mol. The van der Waals surface area contributed by atoms with Crippen molar-refractivity contribution < 1.29 is 22.7 Å². The first-order chi connectivity index (χ1) is 9.57. The minimum Gasteiger partial charge on any atom is -0.444 e. The zero-order valence-corrected chi connectivity index (χ0v) is 12.3. The molecule has 0 saturated carbocycles. The molecule has 120 valence electrons. The third-order valence-electron chi connectivity index (χ3n) is 2.48. The average molecular weight is 307 g/mol. The minimum atomic E-state index is -4.20. The molecule has 0 unspecified atom stereocenters. The number of hydrogen-bond donors (Lipinski definition) is 1. The van der Waals surface area contributed by atoms with E-state index in [0.717, 1.165) is 0 Å². The molecule has 0 aliphatic heterocycles. The normalized spacial score (nSPS) is 12.3. The van der Waals surface area contributed by atoms with Gasteiger partial charge in [-0.15, -0.1) is 0 Å². The van der Waals surface area contributed by atoms with Crippen LogP contribution in [0.3, 0.4) is 0 Å². The standard InChI is InChI=1S/C13H20F3N3O2/c1-12(2,3)21-11(20)18-6-4-10-8-17-9-19(10)7-5-13(14,15)16/h8-9H,4-7H2,1-3H3,(H,18,20). The maximum absolute atomic E-state index is 12.2. The fourth-order valence-corrected chi connectivity index (χ4v) is 1.61. The molecule has 0 radical (unpaired) electrons. The Kier molecular flexibility index (Phi) is 5.62. The Morgan fingerprint density at radius 1 is 1.38 bits per heavy atom. The highest BCUT2D eigenvalue weighted by atomic mass is 19.4. The molecular weight excluding hydrogens is 287 g/mol. The highest BCUT2D eigenvalue weighted by Crippen LogP contribution is 2.20. The van der Waals surface area contributed by atoms with Crippen molar-refractivity contribution in [2.45, 2.75) is 51.9 Å². The minimum absolute atomic E-state index is 0.175. The molecule has 0 fully saturated rings. The topological polar surface area (TPSA) is 56.1 Å². The molecule has 5 nitrogen and oxygen atoms in total. The van der Waals surface area contributed by atoms with Crippen LogP contribution in [0, 0.1) is 0 Å². The Bertz CT molecular complexity index is 464. The summed E-state index contributed by atoms with van der Waals surface area (Å²) in [7, 11) is 0. The van der Waals surface area contributed by atoms with Gasteiger partial charge in [-0.1, -0.05) is 0 Å². The number of alkyl halides is 3. The zero-order chi connectivity index (χ0) is 16.1. The third-order valence-corrected chi connectivity index (χ3v) is 2.48. The van der Waals surface area contributed by atoms with E-state index in [1.807, 2.05) is 0 Å². The highest BCUT2D eigenvalue weighted by Gasteiger charge is 2.26. The first-order valence-electron chi connectivity index (χ1n) is 6.59. The van der Waals surface area contributed by atoms with Crippen LogP contribution in [0.2, 0.25) is 0 Å². The Labute approximate surface area is 121 Å². The summed E-state index contributed by atoms with van der Waals surface area (Å²) < 4.78 is 43.1. The van der Waals surface area contributed by atoms with Crippen LogP contribution in [0.5, 0.6) is 0 Å². The maximum atomic E-state index is 12.2. The number of aryl methyl sites for hydroxylation is 1. The number of nitrogens with one attached hydrogen (secondary N) is 1. The molecule has 1 N–H and O–H groups in total. The van der Waals surface area contributed by atoms with Crippen molar-refractivity contribution >= 4 is 6.09 Å². The first kappa shape index (κ1) is 17.3. The van der Waals surface area contributed by atoms with Gasteiger partial charge in [0.05, 0.1) is 12.7 Å². The molecule has 0 bridgehead atoms. The summed E-state index contributed by atoms with van der Waals surface area (Å²) in [4.78, 5) is 15.3. The van der Waals surface area contributed by atoms with Gasteiger partial charge in [-0.05, 0) is 20.8 Å². The van der Waals surface area contributed by atoms with Gasteiger partial charge >= 0.3 is 12.3 Å². The predicted octanol–water partition coefficient (Wildman–Crippen LogP) is 2.90. The van der Waals surface area contributed by atoms with Crippen LogP contribution in [0.15, 0.2) is 12.5 Å². The van der Waals surface area contributed by atoms with E-state index in [1.54, 1.807) is 20.8 Å². The summed E-state index contributed by atoms with van der Waals surface area (Å²) in [6, 6.07) is 0. The molecule has 0 atom stereocenters. The number of ether oxygens (including phenoxy) is 1. The molecular formula is C13H20F3N3O2. The lowest BCUT2D eigenvalue weighted by atomic mass is 10.2. The largest absolute Gasteiger partial charge is 0.444 e. The van der Waals surface area contributed by atoms with Crippen LogP contribution in [-0.2, 0) is 17.7 Å². The van der Waals surface area contributed by atoms with Gasteiger partial charge in [0.15, 0.2) is 0 Å². The molecule has 1 aromatic rings. The van der Waals surface area contributed by atoms with Crippen LogP contribution < -0.4 is 5.32 Å². The summed E-state index contributed by atoms with van der Waals surface area (Å²) in [6.45, 7) is 5.34. The lowest BCUT2D eigenvalue weighted by Crippen LogP contribution is -2.33. The fraction of sp³-hybridized carbons (Fsp3) is 0.692. The van der Waals surface area contributed by atoms with Gasteiger partial charge < -0.3 is 14.6 Å². The Morgan fingerprint density at radius 2 is 2.05 bits per heavy atom. The van der Waals surface area contributed by atoms with Crippen LogP contribution in [0.1, 0.15) is 32.9 Å². The van der Waals surface area contributed by atoms with E-state index in [2.05, 4.69) is 10.3 Å².